The predicted molar refractivity (Wildman–Crippen MR) is 123 cm³/mol. The lowest BCUT2D eigenvalue weighted by atomic mass is 10.1. The number of morpholine rings is 1. The molecule has 0 unspecified atom stereocenters. The fourth-order valence-corrected chi connectivity index (χ4v) is 3.89. The van der Waals surface area contributed by atoms with Crippen LogP contribution in [0.15, 0.2) is 54.6 Å². The SMILES string of the molecule is O=C(O)[C@@H](Nc1nc(N2CCOCC2)nc(-n2c(C(F)F)nc3ccccc32)n1)c1ccccc1. The molecule has 180 valence electrons. The quantitative estimate of drug-likeness (QED) is 0.410. The fourth-order valence-electron chi connectivity index (χ4n) is 3.89. The van der Waals surface area contributed by atoms with E-state index >= 15 is 0 Å². The van der Waals surface area contributed by atoms with Crippen molar-refractivity contribution >= 4 is 28.9 Å². The van der Waals surface area contributed by atoms with Crippen LogP contribution in [0.25, 0.3) is 17.0 Å². The van der Waals surface area contributed by atoms with Crippen molar-refractivity contribution in [1.29, 1.82) is 0 Å². The van der Waals surface area contributed by atoms with Gasteiger partial charge in [0.05, 0.1) is 24.2 Å². The van der Waals surface area contributed by atoms with E-state index in [0.717, 1.165) is 0 Å². The summed E-state index contributed by atoms with van der Waals surface area (Å²) in [6.45, 7) is 1.86. The maximum atomic E-state index is 14.0. The van der Waals surface area contributed by atoms with Gasteiger partial charge in [-0.05, 0) is 17.7 Å². The lowest BCUT2D eigenvalue weighted by Gasteiger charge is -2.27. The van der Waals surface area contributed by atoms with Crippen molar-refractivity contribution in [2.24, 2.45) is 0 Å². The molecule has 3 heterocycles. The highest BCUT2D eigenvalue weighted by Gasteiger charge is 2.26. The van der Waals surface area contributed by atoms with Crippen LogP contribution in [0.5, 0.6) is 0 Å². The molecule has 2 aromatic heterocycles. The summed E-state index contributed by atoms with van der Waals surface area (Å²) >= 11 is 0. The van der Waals surface area contributed by atoms with Crippen LogP contribution in [0, 0.1) is 0 Å². The number of hydrogen-bond acceptors (Lipinski definition) is 8. The second-order valence-corrected chi connectivity index (χ2v) is 7.78. The number of carboxylic acids is 1. The summed E-state index contributed by atoms with van der Waals surface area (Å²) in [5.41, 5.74) is 1.24. The smallest absolute Gasteiger partial charge is 0.330 e. The molecule has 0 saturated carbocycles. The third-order valence-electron chi connectivity index (χ3n) is 5.54. The number of benzene rings is 2. The van der Waals surface area contributed by atoms with Gasteiger partial charge in [0.2, 0.25) is 17.8 Å². The Balaban J connectivity index is 1.65. The molecule has 5 rings (SSSR count). The Morgan fingerprint density at radius 1 is 0.943 bits per heavy atom. The Morgan fingerprint density at radius 2 is 1.63 bits per heavy atom. The summed E-state index contributed by atoms with van der Waals surface area (Å²) in [7, 11) is 0. The number of nitrogens with one attached hydrogen (secondary N) is 1. The van der Waals surface area contributed by atoms with E-state index in [1.807, 2.05) is 4.90 Å². The van der Waals surface area contributed by atoms with Crippen LogP contribution in [0.3, 0.4) is 0 Å². The highest BCUT2D eigenvalue weighted by atomic mass is 19.3. The van der Waals surface area contributed by atoms with Gasteiger partial charge in [-0.25, -0.2) is 18.6 Å². The number of carboxylic acid groups (broad SMARTS) is 1. The number of imidazole rings is 1. The number of rotatable bonds is 7. The van der Waals surface area contributed by atoms with Crippen molar-refractivity contribution in [3.05, 3.63) is 66.0 Å². The Morgan fingerprint density at radius 3 is 2.34 bits per heavy atom. The molecule has 0 bridgehead atoms. The first-order valence-corrected chi connectivity index (χ1v) is 10.9. The van der Waals surface area contributed by atoms with Gasteiger partial charge in [0.25, 0.3) is 6.43 Å². The van der Waals surface area contributed by atoms with Crippen LogP contribution in [0.1, 0.15) is 23.9 Å². The maximum Gasteiger partial charge on any atom is 0.330 e. The molecule has 1 aliphatic heterocycles. The number of carbonyl (C=O) groups is 1. The van der Waals surface area contributed by atoms with Crippen LogP contribution < -0.4 is 10.2 Å². The number of aliphatic carboxylic acids is 1. The number of halogens is 2. The van der Waals surface area contributed by atoms with E-state index < -0.39 is 24.3 Å². The minimum absolute atomic E-state index is 0.0641. The summed E-state index contributed by atoms with van der Waals surface area (Å²) in [4.78, 5) is 31.2. The number of fused-ring (bicyclic) bond motifs is 1. The number of aromatic nitrogens is 5. The Kier molecular flexibility index (Phi) is 6.19. The molecule has 35 heavy (non-hydrogen) atoms. The molecule has 0 radical (unpaired) electrons. The molecule has 2 N–H and O–H groups in total. The van der Waals surface area contributed by atoms with Crippen molar-refractivity contribution in [2.75, 3.05) is 36.5 Å². The van der Waals surface area contributed by atoms with Crippen molar-refractivity contribution < 1.29 is 23.4 Å². The van der Waals surface area contributed by atoms with Gasteiger partial charge < -0.3 is 20.1 Å². The third kappa shape index (κ3) is 4.60. The first-order valence-electron chi connectivity index (χ1n) is 10.9. The number of hydrogen-bond donors (Lipinski definition) is 2. The number of alkyl halides is 2. The highest BCUT2D eigenvalue weighted by molar-refractivity contribution is 5.79. The monoisotopic (exact) mass is 481 g/mol. The molecule has 12 heteroatoms. The molecule has 0 amide bonds. The van der Waals surface area contributed by atoms with E-state index in [4.69, 9.17) is 4.74 Å². The van der Waals surface area contributed by atoms with E-state index in [1.54, 1.807) is 54.6 Å². The topological polar surface area (TPSA) is 118 Å². The lowest BCUT2D eigenvalue weighted by molar-refractivity contribution is -0.138. The van der Waals surface area contributed by atoms with E-state index in [0.29, 0.717) is 42.9 Å². The van der Waals surface area contributed by atoms with E-state index in [1.165, 1.54) is 4.57 Å². The minimum Gasteiger partial charge on any atom is -0.479 e. The number of ether oxygens (including phenoxy) is 1. The highest BCUT2D eigenvalue weighted by Crippen LogP contribution is 2.28. The maximum absolute atomic E-state index is 14.0. The standard InChI is InChI=1S/C23H21F2N7O3/c24-18(25)19-26-15-8-4-5-9-16(15)32(19)23-29-21(28-22(30-23)31-10-12-35-13-11-31)27-17(20(33)34)14-6-2-1-3-7-14/h1-9,17-18H,10-13H2,(H,33,34)(H,27,28,29,30)/t17-/m0/s1. The zero-order valence-corrected chi connectivity index (χ0v) is 18.4. The zero-order chi connectivity index (χ0) is 24.4. The summed E-state index contributed by atoms with van der Waals surface area (Å²) < 4.78 is 34.5. The Labute approximate surface area is 198 Å². The zero-order valence-electron chi connectivity index (χ0n) is 18.4. The summed E-state index contributed by atoms with van der Waals surface area (Å²) in [6.07, 6.45) is -2.89. The van der Waals surface area contributed by atoms with Gasteiger partial charge >= 0.3 is 5.97 Å². The molecule has 1 fully saturated rings. The summed E-state index contributed by atoms with van der Waals surface area (Å²) in [5.74, 6) is -1.60. The van der Waals surface area contributed by atoms with Gasteiger partial charge in [-0.15, -0.1) is 0 Å². The largest absolute Gasteiger partial charge is 0.479 e. The van der Waals surface area contributed by atoms with Gasteiger partial charge in [-0.2, -0.15) is 15.0 Å². The van der Waals surface area contributed by atoms with Gasteiger partial charge in [-0.1, -0.05) is 42.5 Å². The van der Waals surface area contributed by atoms with Crippen molar-refractivity contribution in [3.8, 4) is 5.95 Å². The van der Waals surface area contributed by atoms with Gasteiger partial charge in [0.15, 0.2) is 11.9 Å². The Hall–Kier alpha value is -4.19. The van der Waals surface area contributed by atoms with E-state index in [2.05, 4.69) is 25.3 Å². The second kappa shape index (κ2) is 9.58. The van der Waals surface area contributed by atoms with Crippen LogP contribution in [0.2, 0.25) is 0 Å². The average Bonchev–Trinajstić information content (AvgIpc) is 3.28. The molecule has 1 saturated heterocycles. The van der Waals surface area contributed by atoms with Crippen molar-refractivity contribution in [3.63, 3.8) is 0 Å². The van der Waals surface area contributed by atoms with Crippen molar-refractivity contribution in [2.45, 2.75) is 12.5 Å². The first kappa shape index (κ1) is 22.6. The van der Waals surface area contributed by atoms with E-state index in [-0.39, 0.29) is 17.8 Å². The molecular weight excluding hydrogens is 460 g/mol. The van der Waals surface area contributed by atoms with Crippen LogP contribution in [-0.2, 0) is 9.53 Å². The fraction of sp³-hybridized carbons (Fsp3) is 0.261. The molecular formula is C23H21F2N7O3. The predicted octanol–water partition coefficient (Wildman–Crippen LogP) is 3.22. The van der Waals surface area contributed by atoms with Crippen LogP contribution in [-0.4, -0.2) is 61.9 Å². The molecule has 0 spiro atoms. The molecule has 10 nitrogen and oxygen atoms in total. The third-order valence-corrected chi connectivity index (χ3v) is 5.54. The van der Waals surface area contributed by atoms with Crippen LogP contribution >= 0.6 is 0 Å². The average molecular weight is 481 g/mol. The van der Waals surface area contributed by atoms with Gasteiger partial charge in [0.1, 0.15) is 0 Å². The lowest BCUT2D eigenvalue weighted by Crippen LogP contribution is -2.38. The van der Waals surface area contributed by atoms with Crippen molar-refractivity contribution in [1.82, 2.24) is 24.5 Å². The second-order valence-electron chi connectivity index (χ2n) is 7.78. The number of anilines is 2. The Bertz CT molecular complexity index is 1340. The summed E-state index contributed by atoms with van der Waals surface area (Å²) in [5, 5.41) is 12.7. The number of para-hydroxylation sites is 2. The van der Waals surface area contributed by atoms with Gasteiger partial charge in [-0.3, -0.25) is 4.57 Å². The molecule has 1 atom stereocenters. The molecule has 2 aromatic carbocycles. The molecule has 0 aliphatic carbocycles. The first-order chi connectivity index (χ1) is 17.0. The minimum atomic E-state index is -2.89. The van der Waals surface area contributed by atoms with Crippen LogP contribution in [0.4, 0.5) is 20.7 Å². The van der Waals surface area contributed by atoms with Gasteiger partial charge in [0, 0.05) is 13.1 Å². The van der Waals surface area contributed by atoms with E-state index in [9.17, 15) is 18.7 Å². The summed E-state index contributed by atoms with van der Waals surface area (Å²) in [6, 6.07) is 14.0. The normalized spacial score (nSPS) is 14.9. The number of nitrogens with zero attached hydrogens (tertiary/aromatic N) is 6. The molecule has 1 aliphatic rings. The molecule has 4 aromatic rings.